The zero-order chi connectivity index (χ0) is 13.6. The highest BCUT2D eigenvalue weighted by atomic mass is 16.6. The van der Waals surface area contributed by atoms with Crippen molar-refractivity contribution in [3.8, 4) is 17.6 Å². The SMILES string of the molecule is CO/N=C(\C#Cc1ccc(OC)cc1)C(C)(C)C. The summed E-state index contributed by atoms with van der Waals surface area (Å²) in [6, 6.07) is 7.60. The maximum absolute atomic E-state index is 5.10. The van der Waals surface area contributed by atoms with E-state index in [1.54, 1.807) is 7.11 Å². The van der Waals surface area contributed by atoms with Crippen LogP contribution < -0.4 is 4.74 Å². The average Bonchev–Trinajstić information content (AvgIpc) is 2.33. The Balaban J connectivity index is 2.94. The minimum atomic E-state index is -0.129. The molecule has 0 radical (unpaired) electrons. The summed E-state index contributed by atoms with van der Waals surface area (Å²) in [5.41, 5.74) is 1.51. The van der Waals surface area contributed by atoms with Gasteiger partial charge in [0.15, 0.2) is 0 Å². The Morgan fingerprint density at radius 1 is 1.11 bits per heavy atom. The highest BCUT2D eigenvalue weighted by Gasteiger charge is 2.17. The smallest absolute Gasteiger partial charge is 0.135 e. The first-order chi connectivity index (χ1) is 8.47. The molecule has 0 unspecified atom stereocenters. The zero-order valence-corrected chi connectivity index (χ0v) is 11.6. The summed E-state index contributed by atoms with van der Waals surface area (Å²) in [5, 5.41) is 3.96. The zero-order valence-electron chi connectivity index (χ0n) is 11.6. The third-order valence-electron chi connectivity index (χ3n) is 2.31. The van der Waals surface area contributed by atoms with Crippen LogP contribution in [0.5, 0.6) is 5.75 Å². The molecule has 0 saturated heterocycles. The topological polar surface area (TPSA) is 30.8 Å². The van der Waals surface area contributed by atoms with E-state index in [2.05, 4.69) is 17.0 Å². The van der Waals surface area contributed by atoms with Crippen molar-refractivity contribution in [2.45, 2.75) is 20.8 Å². The van der Waals surface area contributed by atoms with E-state index in [1.807, 2.05) is 45.0 Å². The van der Waals surface area contributed by atoms with Gasteiger partial charge >= 0.3 is 0 Å². The van der Waals surface area contributed by atoms with Crippen molar-refractivity contribution in [3.05, 3.63) is 29.8 Å². The highest BCUT2D eigenvalue weighted by Crippen LogP contribution is 2.16. The van der Waals surface area contributed by atoms with Crippen molar-refractivity contribution in [1.29, 1.82) is 0 Å². The van der Waals surface area contributed by atoms with Crippen LogP contribution in [0.2, 0.25) is 0 Å². The lowest BCUT2D eigenvalue weighted by Crippen LogP contribution is -2.18. The summed E-state index contributed by atoms with van der Waals surface area (Å²) in [4.78, 5) is 4.82. The maximum atomic E-state index is 5.10. The average molecular weight is 245 g/mol. The van der Waals surface area contributed by atoms with Crippen LogP contribution in [0.1, 0.15) is 26.3 Å². The van der Waals surface area contributed by atoms with Gasteiger partial charge in [0, 0.05) is 11.0 Å². The summed E-state index contributed by atoms with van der Waals surface area (Å²) >= 11 is 0. The molecule has 0 heterocycles. The Bertz CT molecular complexity index is 470. The number of benzene rings is 1. The summed E-state index contributed by atoms with van der Waals surface area (Å²) in [5.74, 6) is 6.94. The van der Waals surface area contributed by atoms with Gasteiger partial charge in [-0.1, -0.05) is 31.8 Å². The van der Waals surface area contributed by atoms with Crippen LogP contribution in [0.15, 0.2) is 29.4 Å². The first-order valence-electron chi connectivity index (χ1n) is 5.75. The Labute approximate surface area is 109 Å². The second-order valence-corrected chi connectivity index (χ2v) is 4.85. The largest absolute Gasteiger partial charge is 0.497 e. The molecule has 3 heteroatoms. The second kappa shape index (κ2) is 6.11. The van der Waals surface area contributed by atoms with E-state index in [1.165, 1.54) is 7.11 Å². The molecule has 0 saturated carbocycles. The minimum Gasteiger partial charge on any atom is -0.497 e. The molecule has 18 heavy (non-hydrogen) atoms. The van der Waals surface area contributed by atoms with Gasteiger partial charge in [0.05, 0.1) is 7.11 Å². The molecule has 96 valence electrons. The summed E-state index contributed by atoms with van der Waals surface area (Å²) in [7, 11) is 3.17. The molecular weight excluding hydrogens is 226 g/mol. The van der Waals surface area contributed by atoms with Gasteiger partial charge in [0.2, 0.25) is 0 Å². The minimum absolute atomic E-state index is 0.129. The van der Waals surface area contributed by atoms with Gasteiger partial charge in [0.25, 0.3) is 0 Å². The molecule has 0 atom stereocenters. The molecule has 0 N–H and O–H groups in total. The van der Waals surface area contributed by atoms with Crippen molar-refractivity contribution >= 4 is 5.71 Å². The Morgan fingerprint density at radius 2 is 1.72 bits per heavy atom. The molecule has 3 nitrogen and oxygen atoms in total. The normalized spacial score (nSPS) is 11.5. The molecule has 1 aromatic rings. The van der Waals surface area contributed by atoms with Crippen LogP contribution in [-0.4, -0.2) is 19.9 Å². The fourth-order valence-corrected chi connectivity index (χ4v) is 1.24. The summed E-state index contributed by atoms with van der Waals surface area (Å²) < 4.78 is 5.10. The van der Waals surface area contributed by atoms with Crippen LogP contribution in [0, 0.1) is 17.3 Å². The molecule has 1 rings (SSSR count). The molecule has 0 spiro atoms. The second-order valence-electron chi connectivity index (χ2n) is 4.85. The fraction of sp³-hybridized carbons (Fsp3) is 0.400. The van der Waals surface area contributed by atoms with E-state index in [0.717, 1.165) is 17.0 Å². The number of methoxy groups -OCH3 is 1. The predicted octanol–water partition coefficient (Wildman–Crippen LogP) is 3.10. The third kappa shape index (κ3) is 4.14. The number of oxime groups is 1. The summed E-state index contributed by atoms with van der Waals surface area (Å²) in [6.07, 6.45) is 0. The quantitative estimate of drug-likeness (QED) is 0.455. The van der Waals surface area contributed by atoms with E-state index in [4.69, 9.17) is 9.57 Å². The van der Waals surface area contributed by atoms with Crippen molar-refractivity contribution in [1.82, 2.24) is 0 Å². The Morgan fingerprint density at radius 3 is 2.17 bits per heavy atom. The van der Waals surface area contributed by atoms with Gasteiger partial charge < -0.3 is 9.57 Å². The molecule has 0 aliphatic rings. The van der Waals surface area contributed by atoms with Gasteiger partial charge in [-0.3, -0.25) is 0 Å². The van der Waals surface area contributed by atoms with Gasteiger partial charge in [-0.15, -0.1) is 0 Å². The molecule has 0 fully saturated rings. The fourth-order valence-electron chi connectivity index (χ4n) is 1.24. The molecule has 0 amide bonds. The first-order valence-corrected chi connectivity index (χ1v) is 5.75. The van der Waals surface area contributed by atoms with Gasteiger partial charge in [-0.2, -0.15) is 0 Å². The number of rotatable bonds is 2. The predicted molar refractivity (Wildman–Crippen MR) is 73.8 cm³/mol. The molecular formula is C15H19NO2. The third-order valence-corrected chi connectivity index (χ3v) is 2.31. The monoisotopic (exact) mass is 245 g/mol. The Hall–Kier alpha value is -1.95. The highest BCUT2D eigenvalue weighted by molar-refractivity contribution is 6.04. The standard InChI is InChI=1S/C15H19NO2/c1-15(2,3)14(16-18-5)11-8-12-6-9-13(17-4)10-7-12/h6-7,9-10H,1-5H3/b16-14+. The molecule has 0 aliphatic carbocycles. The van der Waals surface area contributed by atoms with E-state index in [0.29, 0.717) is 0 Å². The van der Waals surface area contributed by atoms with E-state index in [9.17, 15) is 0 Å². The number of hydrogen-bond donors (Lipinski definition) is 0. The van der Waals surface area contributed by atoms with Crippen molar-refractivity contribution < 1.29 is 9.57 Å². The van der Waals surface area contributed by atoms with Gasteiger partial charge in [-0.25, -0.2) is 0 Å². The van der Waals surface area contributed by atoms with Gasteiger partial charge in [-0.05, 0) is 30.2 Å². The maximum Gasteiger partial charge on any atom is 0.135 e. The van der Waals surface area contributed by atoms with E-state index in [-0.39, 0.29) is 5.41 Å². The lowest BCUT2D eigenvalue weighted by atomic mass is 9.90. The van der Waals surface area contributed by atoms with Crippen LogP contribution in [0.3, 0.4) is 0 Å². The molecule has 0 aromatic heterocycles. The molecule has 1 aromatic carbocycles. The van der Waals surface area contributed by atoms with Crippen LogP contribution in [0.4, 0.5) is 0 Å². The Kier molecular flexibility index (Phi) is 4.79. The first kappa shape index (κ1) is 14.1. The van der Waals surface area contributed by atoms with Crippen LogP contribution in [-0.2, 0) is 4.84 Å². The lowest BCUT2D eigenvalue weighted by Gasteiger charge is -2.15. The van der Waals surface area contributed by atoms with E-state index < -0.39 is 0 Å². The number of hydrogen-bond acceptors (Lipinski definition) is 3. The molecule has 0 aliphatic heterocycles. The van der Waals surface area contributed by atoms with Crippen LogP contribution >= 0.6 is 0 Å². The van der Waals surface area contributed by atoms with E-state index >= 15 is 0 Å². The van der Waals surface area contributed by atoms with Gasteiger partial charge in [0.1, 0.15) is 18.6 Å². The van der Waals surface area contributed by atoms with Crippen molar-refractivity contribution in [2.75, 3.05) is 14.2 Å². The van der Waals surface area contributed by atoms with Crippen molar-refractivity contribution in [3.63, 3.8) is 0 Å². The molecule has 0 bridgehead atoms. The summed E-state index contributed by atoms with van der Waals surface area (Å²) in [6.45, 7) is 6.15. The number of nitrogens with zero attached hydrogens (tertiary/aromatic N) is 1. The van der Waals surface area contributed by atoms with Crippen LogP contribution in [0.25, 0.3) is 0 Å². The lowest BCUT2D eigenvalue weighted by molar-refractivity contribution is 0.210. The number of ether oxygens (including phenoxy) is 1. The van der Waals surface area contributed by atoms with Crippen molar-refractivity contribution in [2.24, 2.45) is 10.6 Å².